The summed E-state index contributed by atoms with van der Waals surface area (Å²) in [7, 11) is 0. The molecule has 0 radical (unpaired) electrons. The van der Waals surface area contributed by atoms with Gasteiger partial charge in [-0.3, -0.25) is 10.1 Å². The number of nitrogens with one attached hydrogen (secondary N) is 2. The average molecular weight is 218 g/mol. The maximum atomic E-state index is 11.5. The molecule has 4 nitrogen and oxygen atoms in total. The third-order valence-electron chi connectivity index (χ3n) is 2.20. The fourth-order valence-corrected chi connectivity index (χ4v) is 2.01. The van der Waals surface area contributed by atoms with Crippen LogP contribution < -0.4 is 10.6 Å². The molecule has 0 aromatic heterocycles. The number of carbonyl (C=O) groups is 1. The van der Waals surface area contributed by atoms with Gasteiger partial charge in [-0.2, -0.15) is 0 Å². The number of amides is 1. The van der Waals surface area contributed by atoms with Crippen LogP contribution in [0.4, 0.5) is 0 Å². The lowest BCUT2D eigenvalue weighted by Gasteiger charge is -2.22. The van der Waals surface area contributed by atoms with Crippen LogP contribution in [-0.2, 0) is 4.79 Å². The summed E-state index contributed by atoms with van der Waals surface area (Å²) in [6.45, 7) is 4.44. The van der Waals surface area contributed by atoms with Crippen LogP contribution in [0.25, 0.3) is 0 Å². The molecule has 1 rings (SSSR count). The zero-order valence-electron chi connectivity index (χ0n) is 8.67. The predicted octanol–water partition coefficient (Wildman–Crippen LogP) is -0.216. The monoisotopic (exact) mass is 218 g/mol. The summed E-state index contributed by atoms with van der Waals surface area (Å²) >= 11 is 1.73. The second kappa shape index (κ2) is 5.00. The molecule has 82 valence electrons. The van der Waals surface area contributed by atoms with E-state index in [1.165, 1.54) is 0 Å². The van der Waals surface area contributed by atoms with Crippen molar-refractivity contribution in [2.75, 3.05) is 24.8 Å². The first kappa shape index (κ1) is 11.8. The predicted molar refractivity (Wildman–Crippen MR) is 58.1 cm³/mol. The van der Waals surface area contributed by atoms with E-state index in [-0.39, 0.29) is 24.0 Å². The van der Waals surface area contributed by atoms with E-state index in [2.05, 4.69) is 10.6 Å². The summed E-state index contributed by atoms with van der Waals surface area (Å²) < 4.78 is 0. The summed E-state index contributed by atoms with van der Waals surface area (Å²) in [4.78, 5) is 11.5. The van der Waals surface area contributed by atoms with Gasteiger partial charge in [0.2, 0.25) is 5.91 Å². The molecule has 0 saturated carbocycles. The van der Waals surface area contributed by atoms with Gasteiger partial charge >= 0.3 is 0 Å². The first-order valence-corrected chi connectivity index (χ1v) is 5.90. The highest BCUT2D eigenvalue weighted by atomic mass is 32.2. The van der Waals surface area contributed by atoms with Crippen LogP contribution in [0.5, 0.6) is 0 Å². The van der Waals surface area contributed by atoms with Crippen molar-refractivity contribution in [2.24, 2.45) is 5.41 Å². The molecule has 1 unspecified atom stereocenters. The van der Waals surface area contributed by atoms with Crippen LogP contribution in [0.15, 0.2) is 0 Å². The molecule has 1 fully saturated rings. The number of thioether (sulfide) groups is 1. The number of hydrogen-bond acceptors (Lipinski definition) is 4. The molecule has 1 aliphatic rings. The van der Waals surface area contributed by atoms with E-state index >= 15 is 0 Å². The maximum Gasteiger partial charge on any atom is 0.238 e. The van der Waals surface area contributed by atoms with Crippen LogP contribution in [0.2, 0.25) is 0 Å². The van der Waals surface area contributed by atoms with Crippen LogP contribution in [0.1, 0.15) is 13.8 Å². The van der Waals surface area contributed by atoms with E-state index in [1.54, 1.807) is 11.8 Å². The van der Waals surface area contributed by atoms with E-state index in [4.69, 9.17) is 5.11 Å². The van der Waals surface area contributed by atoms with E-state index in [9.17, 15) is 4.79 Å². The molecule has 1 amide bonds. The average Bonchev–Trinajstić information content (AvgIpc) is 2.67. The topological polar surface area (TPSA) is 61.4 Å². The molecule has 5 heteroatoms. The second-order valence-corrected chi connectivity index (χ2v) is 5.34. The van der Waals surface area contributed by atoms with Crippen LogP contribution >= 0.6 is 11.8 Å². The lowest BCUT2D eigenvalue weighted by atomic mass is 9.95. The van der Waals surface area contributed by atoms with Gasteiger partial charge < -0.3 is 10.4 Å². The Morgan fingerprint density at radius 2 is 2.43 bits per heavy atom. The SMILES string of the molecule is CC(C)(CO)CNC(=O)C1CSCN1. The van der Waals surface area contributed by atoms with Gasteiger partial charge in [0.15, 0.2) is 0 Å². The largest absolute Gasteiger partial charge is 0.396 e. The quantitative estimate of drug-likeness (QED) is 0.611. The molecule has 3 N–H and O–H groups in total. The summed E-state index contributed by atoms with van der Waals surface area (Å²) in [5.74, 6) is 1.73. The second-order valence-electron chi connectivity index (χ2n) is 4.31. The zero-order chi connectivity index (χ0) is 10.6. The Bertz CT molecular complexity index is 203. The van der Waals surface area contributed by atoms with Crippen molar-refractivity contribution in [2.45, 2.75) is 19.9 Å². The Hall–Kier alpha value is -0.260. The van der Waals surface area contributed by atoms with E-state index in [0.717, 1.165) is 11.6 Å². The molecule has 1 aliphatic heterocycles. The van der Waals surface area contributed by atoms with Crippen molar-refractivity contribution in [3.05, 3.63) is 0 Å². The highest BCUT2D eigenvalue weighted by Crippen LogP contribution is 2.13. The first-order chi connectivity index (χ1) is 6.55. The number of aliphatic hydroxyl groups excluding tert-OH is 1. The summed E-state index contributed by atoms with van der Waals surface area (Å²) in [5, 5.41) is 14.9. The van der Waals surface area contributed by atoms with Gasteiger partial charge in [0.05, 0.1) is 6.04 Å². The molecule has 0 aromatic rings. The van der Waals surface area contributed by atoms with E-state index in [0.29, 0.717) is 6.54 Å². The van der Waals surface area contributed by atoms with Crippen molar-refractivity contribution in [3.8, 4) is 0 Å². The molecule has 0 bridgehead atoms. The van der Waals surface area contributed by atoms with Crippen molar-refractivity contribution < 1.29 is 9.90 Å². The van der Waals surface area contributed by atoms with Gasteiger partial charge in [-0.05, 0) is 0 Å². The number of carbonyl (C=O) groups excluding carboxylic acids is 1. The lowest BCUT2D eigenvalue weighted by Crippen LogP contribution is -2.45. The summed E-state index contributed by atoms with van der Waals surface area (Å²) in [6.07, 6.45) is 0. The maximum absolute atomic E-state index is 11.5. The molecular weight excluding hydrogens is 200 g/mol. The Labute approximate surface area is 88.8 Å². The van der Waals surface area contributed by atoms with Crippen LogP contribution in [0, 0.1) is 5.41 Å². The van der Waals surface area contributed by atoms with E-state index < -0.39 is 0 Å². The first-order valence-electron chi connectivity index (χ1n) is 4.75. The molecule has 1 atom stereocenters. The lowest BCUT2D eigenvalue weighted by molar-refractivity contribution is -0.122. The van der Waals surface area contributed by atoms with Crippen LogP contribution in [-0.4, -0.2) is 41.8 Å². The summed E-state index contributed by atoms with van der Waals surface area (Å²) in [5.41, 5.74) is -0.235. The zero-order valence-corrected chi connectivity index (χ0v) is 9.49. The number of hydrogen-bond donors (Lipinski definition) is 3. The molecule has 1 heterocycles. The van der Waals surface area contributed by atoms with Gasteiger partial charge in [0, 0.05) is 30.2 Å². The minimum absolute atomic E-state index is 0.0384. The number of aliphatic hydroxyl groups is 1. The highest BCUT2D eigenvalue weighted by Gasteiger charge is 2.24. The Balaban J connectivity index is 2.27. The van der Waals surface area contributed by atoms with Crippen LogP contribution in [0.3, 0.4) is 0 Å². The molecular formula is C9H18N2O2S. The molecule has 0 spiro atoms. The number of rotatable bonds is 4. The highest BCUT2D eigenvalue weighted by molar-refractivity contribution is 7.99. The van der Waals surface area contributed by atoms with Crippen molar-refractivity contribution >= 4 is 17.7 Å². The van der Waals surface area contributed by atoms with E-state index in [1.807, 2.05) is 13.8 Å². The van der Waals surface area contributed by atoms with Gasteiger partial charge in [0.1, 0.15) is 0 Å². The minimum atomic E-state index is -0.235. The van der Waals surface area contributed by atoms with Gasteiger partial charge in [-0.15, -0.1) is 11.8 Å². The Morgan fingerprint density at radius 3 is 2.93 bits per heavy atom. The Morgan fingerprint density at radius 1 is 1.71 bits per heavy atom. The normalized spacial score (nSPS) is 22.4. The molecule has 14 heavy (non-hydrogen) atoms. The fraction of sp³-hybridized carbons (Fsp3) is 0.889. The standard InChI is InChI=1S/C9H18N2O2S/c1-9(2,5-12)4-10-8(13)7-3-14-6-11-7/h7,11-12H,3-6H2,1-2H3,(H,10,13). The Kier molecular flexibility index (Phi) is 4.22. The fourth-order valence-electron chi connectivity index (χ4n) is 1.07. The minimum Gasteiger partial charge on any atom is -0.396 e. The smallest absolute Gasteiger partial charge is 0.238 e. The van der Waals surface area contributed by atoms with Crippen molar-refractivity contribution in [1.29, 1.82) is 0 Å². The summed E-state index contributed by atoms with van der Waals surface area (Å²) in [6, 6.07) is -0.0607. The van der Waals surface area contributed by atoms with Gasteiger partial charge in [-0.25, -0.2) is 0 Å². The van der Waals surface area contributed by atoms with Crippen molar-refractivity contribution in [3.63, 3.8) is 0 Å². The van der Waals surface area contributed by atoms with Gasteiger partial charge in [0.25, 0.3) is 0 Å². The third-order valence-corrected chi connectivity index (χ3v) is 3.14. The molecule has 0 aliphatic carbocycles. The van der Waals surface area contributed by atoms with Gasteiger partial charge in [-0.1, -0.05) is 13.8 Å². The third kappa shape index (κ3) is 3.48. The molecule has 1 saturated heterocycles. The molecule has 0 aromatic carbocycles. The van der Waals surface area contributed by atoms with Crippen molar-refractivity contribution in [1.82, 2.24) is 10.6 Å².